The molecule has 2 bridgehead atoms. The van der Waals surface area contributed by atoms with Crippen LogP contribution in [0.25, 0.3) is 0 Å². The molecule has 1 heterocycles. The number of hydrogen-bond acceptors (Lipinski definition) is 6. The van der Waals surface area contributed by atoms with Crippen molar-refractivity contribution in [2.24, 2.45) is 29.1 Å². The minimum absolute atomic E-state index is 0.117. The molecule has 0 radical (unpaired) electrons. The number of rotatable bonds is 7. The summed E-state index contributed by atoms with van der Waals surface area (Å²) in [6.45, 7) is 8.64. The number of fused-ring (bicyclic) bond motifs is 2. The minimum atomic E-state index is -0.808. The van der Waals surface area contributed by atoms with Gasteiger partial charge in [-0.2, -0.15) is 5.06 Å². The van der Waals surface area contributed by atoms with E-state index in [1.165, 1.54) is 6.42 Å². The van der Waals surface area contributed by atoms with Gasteiger partial charge in [0.15, 0.2) is 0 Å². The van der Waals surface area contributed by atoms with E-state index in [1.54, 1.807) is 19.1 Å². The molecule has 0 unspecified atom stereocenters. The highest BCUT2D eigenvalue weighted by Gasteiger charge is 2.57. The van der Waals surface area contributed by atoms with Gasteiger partial charge in [0.25, 0.3) is 0 Å². The van der Waals surface area contributed by atoms with E-state index in [1.807, 2.05) is 18.2 Å². The third kappa shape index (κ3) is 4.42. The number of halogens is 1. The molecule has 0 spiro atoms. The first kappa shape index (κ1) is 25.2. The van der Waals surface area contributed by atoms with Crippen LogP contribution in [0.3, 0.4) is 0 Å². The number of amides is 1. The van der Waals surface area contributed by atoms with Crippen LogP contribution in [-0.4, -0.2) is 59.2 Å². The summed E-state index contributed by atoms with van der Waals surface area (Å²) >= 11 is 2.22. The lowest BCUT2D eigenvalue weighted by molar-refractivity contribution is -0.183. The Balaban J connectivity index is 1.57. The smallest absolute Gasteiger partial charge is 0.240 e. The first-order chi connectivity index (χ1) is 15.6. The Bertz CT molecular complexity index is 878. The van der Waals surface area contributed by atoms with E-state index in [9.17, 15) is 15.0 Å². The Morgan fingerprint density at radius 2 is 2.12 bits per heavy atom. The summed E-state index contributed by atoms with van der Waals surface area (Å²) in [5, 5.41) is 25.4. The van der Waals surface area contributed by atoms with E-state index in [-0.39, 0.29) is 18.6 Å². The molecule has 0 aromatic heterocycles. The van der Waals surface area contributed by atoms with Crippen LogP contribution >= 0.6 is 22.6 Å². The number of ether oxygens (including phenoxy) is 1. The van der Waals surface area contributed by atoms with Gasteiger partial charge in [-0.15, -0.1) is 0 Å². The molecule has 1 saturated heterocycles. The van der Waals surface area contributed by atoms with E-state index in [4.69, 9.17) is 9.57 Å². The van der Waals surface area contributed by atoms with Gasteiger partial charge in [-0.05, 0) is 71.6 Å². The highest BCUT2D eigenvalue weighted by Crippen LogP contribution is 2.61. The molecule has 1 amide bonds. The molecular weight excluding hydrogens is 535 g/mol. The Morgan fingerprint density at radius 1 is 1.39 bits per heavy atom. The molecular formula is C25H37IN2O5. The number of aliphatic hydroxyl groups excluding tert-OH is 2. The van der Waals surface area contributed by atoms with Gasteiger partial charge < -0.3 is 20.3 Å². The number of nitrogens with zero attached hydrogens (tertiary/aromatic N) is 1. The number of carbonyl (C=O) groups is 1. The Labute approximate surface area is 210 Å². The van der Waals surface area contributed by atoms with E-state index in [0.717, 1.165) is 21.3 Å². The first-order valence-electron chi connectivity index (χ1n) is 11.9. The molecule has 4 aliphatic rings. The zero-order valence-corrected chi connectivity index (χ0v) is 22.3. The van der Waals surface area contributed by atoms with Gasteiger partial charge in [0.05, 0.1) is 29.9 Å². The molecule has 1 aromatic carbocycles. The highest BCUT2D eigenvalue weighted by atomic mass is 127. The van der Waals surface area contributed by atoms with E-state index < -0.39 is 24.2 Å². The summed E-state index contributed by atoms with van der Waals surface area (Å²) in [5.74, 6) is 1.72. The Hall–Kier alpha value is -0.940. The second kappa shape index (κ2) is 9.60. The summed E-state index contributed by atoms with van der Waals surface area (Å²) in [5.41, 5.74) is 1.23. The van der Waals surface area contributed by atoms with Gasteiger partial charge in [0.1, 0.15) is 17.9 Å². The molecule has 1 aromatic rings. The molecule has 4 fully saturated rings. The fraction of sp³-hybridized carbons (Fsp3) is 0.720. The number of hydroxylamine groups is 2. The van der Waals surface area contributed by atoms with Crippen molar-refractivity contribution >= 4 is 28.5 Å². The number of benzene rings is 1. The first-order valence-corrected chi connectivity index (χ1v) is 13.0. The minimum Gasteiger partial charge on any atom is -0.495 e. The van der Waals surface area contributed by atoms with Crippen LogP contribution in [0.4, 0.5) is 0 Å². The van der Waals surface area contributed by atoms with Crippen molar-refractivity contribution in [1.29, 1.82) is 0 Å². The average molecular weight is 572 g/mol. The van der Waals surface area contributed by atoms with Crippen LogP contribution in [0.15, 0.2) is 18.2 Å². The summed E-state index contributed by atoms with van der Waals surface area (Å²) < 4.78 is 6.56. The van der Waals surface area contributed by atoms with Crippen LogP contribution in [0.5, 0.6) is 5.75 Å². The largest absolute Gasteiger partial charge is 0.495 e. The predicted octanol–water partition coefficient (Wildman–Crippen LogP) is 2.96. The van der Waals surface area contributed by atoms with Crippen molar-refractivity contribution in [3.8, 4) is 5.75 Å². The van der Waals surface area contributed by atoms with Crippen molar-refractivity contribution in [1.82, 2.24) is 10.4 Å². The topological polar surface area (TPSA) is 91.3 Å². The van der Waals surface area contributed by atoms with E-state index in [2.05, 4.69) is 48.7 Å². The van der Waals surface area contributed by atoms with E-state index >= 15 is 0 Å². The third-order valence-corrected chi connectivity index (χ3v) is 9.49. The molecule has 184 valence electrons. The second-order valence-electron chi connectivity index (χ2n) is 10.7. The van der Waals surface area contributed by atoms with Gasteiger partial charge in [-0.25, -0.2) is 0 Å². The lowest BCUT2D eigenvalue weighted by Crippen LogP contribution is -2.62. The number of aliphatic hydroxyl groups is 2. The van der Waals surface area contributed by atoms with Gasteiger partial charge >= 0.3 is 0 Å². The van der Waals surface area contributed by atoms with Crippen LogP contribution < -0.4 is 10.1 Å². The molecule has 33 heavy (non-hydrogen) atoms. The normalized spacial score (nSPS) is 36.2. The molecule has 7 nitrogen and oxygen atoms in total. The molecule has 1 aliphatic heterocycles. The number of para-hydroxylation sites is 1. The zero-order chi connectivity index (χ0) is 24.1. The number of methoxy groups -OCH3 is 1. The predicted molar refractivity (Wildman–Crippen MR) is 133 cm³/mol. The molecule has 8 heteroatoms. The molecule has 5 rings (SSSR count). The van der Waals surface area contributed by atoms with Crippen molar-refractivity contribution in [2.45, 2.75) is 71.4 Å². The SMILES string of the molecule is COc1c(I)cccc1CN1O[C@@H](CO)[C@@H]([C@H](C)O)[C@H]1C(=O)N[C@H]1C[C@H]2C[C@@H]([C@@H]1C)C2(C)C. The number of nitrogens with one attached hydrogen (secondary N) is 1. The van der Waals surface area contributed by atoms with Crippen molar-refractivity contribution in [3.63, 3.8) is 0 Å². The molecule has 3 N–H and O–H groups in total. The van der Waals surface area contributed by atoms with Crippen LogP contribution in [0.2, 0.25) is 0 Å². The highest BCUT2D eigenvalue weighted by molar-refractivity contribution is 14.1. The third-order valence-electron chi connectivity index (χ3n) is 8.64. The fourth-order valence-corrected chi connectivity index (χ4v) is 7.33. The van der Waals surface area contributed by atoms with Gasteiger partial charge in [0, 0.05) is 17.5 Å². The maximum atomic E-state index is 13.7. The zero-order valence-electron chi connectivity index (χ0n) is 20.1. The van der Waals surface area contributed by atoms with Gasteiger partial charge in [-0.1, -0.05) is 32.9 Å². The molecule has 8 atom stereocenters. The quantitative estimate of drug-likeness (QED) is 0.436. The fourth-order valence-electron chi connectivity index (χ4n) is 6.56. The standard InChI is InChI=1S/C25H37IN2O5/c1-13-17-9-16(25(17,3)4)10-19(13)27-24(31)22-21(14(2)30)20(12-29)33-28(22)11-15-7-6-8-18(26)23(15)32-5/h6-8,13-14,16-17,19-22,29-30H,9-12H2,1-5H3,(H,27,31)/t13-,14-,16+,17-,19-,20-,21+,22-/m0/s1. The average Bonchev–Trinajstić information content (AvgIpc) is 3.13. The van der Waals surface area contributed by atoms with Crippen LogP contribution in [-0.2, 0) is 16.2 Å². The number of carbonyl (C=O) groups excluding carboxylic acids is 1. The van der Waals surface area contributed by atoms with Crippen molar-refractivity contribution < 1.29 is 24.6 Å². The second-order valence-corrected chi connectivity index (χ2v) is 11.8. The molecule has 3 aliphatic carbocycles. The number of hydrogen-bond donors (Lipinski definition) is 3. The summed E-state index contributed by atoms with van der Waals surface area (Å²) in [6.07, 6.45) is 0.772. The maximum Gasteiger partial charge on any atom is 0.240 e. The Morgan fingerprint density at radius 3 is 2.70 bits per heavy atom. The lowest BCUT2D eigenvalue weighted by atomic mass is 9.45. The van der Waals surface area contributed by atoms with Gasteiger partial charge in [-0.3, -0.25) is 9.63 Å². The summed E-state index contributed by atoms with van der Waals surface area (Å²) in [6, 6.07) is 5.26. The van der Waals surface area contributed by atoms with Crippen LogP contribution in [0.1, 0.15) is 46.1 Å². The summed E-state index contributed by atoms with van der Waals surface area (Å²) in [7, 11) is 1.63. The molecule has 3 saturated carbocycles. The lowest BCUT2D eigenvalue weighted by Gasteiger charge is -2.62. The van der Waals surface area contributed by atoms with E-state index in [0.29, 0.717) is 29.7 Å². The monoisotopic (exact) mass is 572 g/mol. The van der Waals surface area contributed by atoms with Gasteiger partial charge in [0.2, 0.25) is 5.91 Å². The van der Waals surface area contributed by atoms with Crippen molar-refractivity contribution in [2.75, 3.05) is 13.7 Å². The van der Waals surface area contributed by atoms with Crippen molar-refractivity contribution in [3.05, 3.63) is 27.3 Å². The summed E-state index contributed by atoms with van der Waals surface area (Å²) in [4.78, 5) is 19.7. The Kier molecular flexibility index (Phi) is 7.32. The maximum absolute atomic E-state index is 13.7. The van der Waals surface area contributed by atoms with Crippen LogP contribution in [0, 0.1) is 32.7 Å².